The van der Waals surface area contributed by atoms with Crippen LogP contribution in [0.4, 0.5) is 5.69 Å². The molecule has 1 saturated heterocycles. The van der Waals surface area contributed by atoms with Crippen molar-refractivity contribution in [3.05, 3.63) is 33.4 Å². The maximum atomic E-state index is 12.7. The number of nitrogens with one attached hydrogen (secondary N) is 2. The van der Waals surface area contributed by atoms with Gasteiger partial charge in [-0.25, -0.2) is 13.1 Å². The lowest BCUT2D eigenvalue weighted by atomic mass is 9.80. The quantitative estimate of drug-likeness (QED) is 0.555. The number of nitro benzene ring substituents is 1. The monoisotopic (exact) mass is 371 g/mol. The van der Waals surface area contributed by atoms with Gasteiger partial charge in [0.2, 0.25) is 10.0 Å². The van der Waals surface area contributed by atoms with Crippen LogP contribution in [0.5, 0.6) is 0 Å². The molecule has 1 fully saturated rings. The average Bonchev–Trinajstić information content (AvgIpc) is 2.54. The Balaban J connectivity index is 2.27. The van der Waals surface area contributed by atoms with E-state index in [1.165, 1.54) is 6.07 Å². The Kier molecular flexibility index (Phi) is 6.15. The van der Waals surface area contributed by atoms with Crippen LogP contribution in [-0.4, -0.2) is 46.7 Å². The number of aryl methyl sites for hydroxylation is 2. The van der Waals surface area contributed by atoms with Gasteiger partial charge in [-0.1, -0.05) is 0 Å². The summed E-state index contributed by atoms with van der Waals surface area (Å²) in [7, 11) is -2.25. The first-order chi connectivity index (χ1) is 11.7. The minimum atomic E-state index is -3.85. The number of nitrogens with zero attached hydrogens (tertiary/aromatic N) is 1. The summed E-state index contributed by atoms with van der Waals surface area (Å²) < 4.78 is 33.4. The zero-order chi connectivity index (χ0) is 18.7. The van der Waals surface area contributed by atoms with Gasteiger partial charge in [0.1, 0.15) is 0 Å². The summed E-state index contributed by atoms with van der Waals surface area (Å²) in [6, 6.07) is 2.67. The van der Waals surface area contributed by atoms with Crippen molar-refractivity contribution in [3.63, 3.8) is 0 Å². The van der Waals surface area contributed by atoms with Gasteiger partial charge in [0.05, 0.1) is 16.4 Å². The number of hydrogen-bond acceptors (Lipinski definition) is 6. The number of piperidine rings is 1. The van der Waals surface area contributed by atoms with Crippen LogP contribution in [0.2, 0.25) is 0 Å². The molecule has 2 N–H and O–H groups in total. The Hall–Kier alpha value is -1.55. The van der Waals surface area contributed by atoms with Crippen molar-refractivity contribution in [2.24, 2.45) is 5.41 Å². The second-order valence-electron chi connectivity index (χ2n) is 6.67. The summed E-state index contributed by atoms with van der Waals surface area (Å²) >= 11 is 0. The van der Waals surface area contributed by atoms with Gasteiger partial charge in [-0.2, -0.15) is 0 Å². The van der Waals surface area contributed by atoms with Crippen LogP contribution in [-0.2, 0) is 14.8 Å². The number of sulfonamides is 1. The first kappa shape index (κ1) is 19.8. The minimum Gasteiger partial charge on any atom is -0.384 e. The topological polar surface area (TPSA) is 111 Å². The maximum Gasteiger partial charge on any atom is 0.273 e. The number of ether oxygens (including phenoxy) is 1. The highest BCUT2D eigenvalue weighted by molar-refractivity contribution is 7.89. The standard InChI is InChI=1S/C16H25N3O5S/c1-12-8-13(2)15(9-14(12)19(20)21)25(22,23)18-10-16(11-24-3)4-6-17-7-5-16/h8-9,17-18H,4-7,10-11H2,1-3H3. The van der Waals surface area contributed by atoms with Gasteiger partial charge >= 0.3 is 0 Å². The van der Waals surface area contributed by atoms with Crippen LogP contribution in [0.1, 0.15) is 24.0 Å². The van der Waals surface area contributed by atoms with Crippen molar-refractivity contribution >= 4 is 15.7 Å². The zero-order valence-electron chi connectivity index (χ0n) is 14.8. The molecule has 0 aromatic heterocycles. The molecule has 25 heavy (non-hydrogen) atoms. The van der Waals surface area contributed by atoms with E-state index in [4.69, 9.17) is 4.74 Å². The molecule has 0 aliphatic carbocycles. The molecular weight excluding hydrogens is 346 g/mol. The van der Waals surface area contributed by atoms with Crippen LogP contribution in [0.3, 0.4) is 0 Å². The van der Waals surface area contributed by atoms with Crippen molar-refractivity contribution in [1.29, 1.82) is 0 Å². The van der Waals surface area contributed by atoms with Crippen molar-refractivity contribution in [2.45, 2.75) is 31.6 Å². The summed E-state index contributed by atoms with van der Waals surface area (Å²) in [6.07, 6.45) is 1.60. The fourth-order valence-electron chi connectivity index (χ4n) is 3.27. The number of nitro groups is 1. The summed E-state index contributed by atoms with van der Waals surface area (Å²) in [5, 5.41) is 14.4. The highest BCUT2D eigenvalue weighted by atomic mass is 32.2. The molecule has 1 aliphatic rings. The fraction of sp³-hybridized carbons (Fsp3) is 0.625. The minimum absolute atomic E-state index is 0.0497. The van der Waals surface area contributed by atoms with E-state index in [0.29, 0.717) is 17.7 Å². The molecule has 1 aliphatic heterocycles. The molecule has 0 atom stereocenters. The summed E-state index contributed by atoms with van der Waals surface area (Å²) in [5.41, 5.74) is 0.467. The predicted molar refractivity (Wildman–Crippen MR) is 94.2 cm³/mol. The van der Waals surface area contributed by atoms with Gasteiger partial charge in [-0.3, -0.25) is 10.1 Å². The van der Waals surface area contributed by atoms with E-state index >= 15 is 0 Å². The second-order valence-corrected chi connectivity index (χ2v) is 8.40. The SMILES string of the molecule is COCC1(CNS(=O)(=O)c2cc([N+](=O)[O-])c(C)cc2C)CCNCC1. The Labute approximate surface area is 148 Å². The molecule has 8 nitrogen and oxygen atoms in total. The van der Waals surface area contributed by atoms with Crippen molar-refractivity contribution < 1.29 is 18.1 Å². The molecule has 0 radical (unpaired) electrons. The van der Waals surface area contributed by atoms with Crippen LogP contribution in [0, 0.1) is 29.4 Å². The summed E-state index contributed by atoms with van der Waals surface area (Å²) in [4.78, 5) is 10.5. The first-order valence-corrected chi connectivity index (χ1v) is 9.64. The fourth-order valence-corrected chi connectivity index (χ4v) is 4.67. The molecule has 140 valence electrons. The maximum absolute atomic E-state index is 12.7. The predicted octanol–water partition coefficient (Wildman–Crippen LogP) is 1.51. The van der Waals surface area contributed by atoms with E-state index in [9.17, 15) is 18.5 Å². The lowest BCUT2D eigenvalue weighted by Gasteiger charge is -2.37. The molecular formula is C16H25N3O5S. The molecule has 0 spiro atoms. The van der Waals surface area contributed by atoms with Crippen LogP contribution < -0.4 is 10.0 Å². The van der Waals surface area contributed by atoms with Crippen molar-refractivity contribution in [2.75, 3.05) is 33.4 Å². The number of methoxy groups -OCH3 is 1. The molecule has 1 aromatic rings. The molecule has 1 heterocycles. The van der Waals surface area contributed by atoms with Gasteiger partial charge in [0, 0.05) is 30.7 Å². The zero-order valence-corrected chi connectivity index (χ0v) is 15.6. The van der Waals surface area contributed by atoms with Gasteiger partial charge < -0.3 is 10.1 Å². The lowest BCUT2D eigenvalue weighted by molar-refractivity contribution is -0.385. The van der Waals surface area contributed by atoms with Crippen LogP contribution in [0.25, 0.3) is 0 Å². The van der Waals surface area contributed by atoms with Gasteiger partial charge in [-0.15, -0.1) is 0 Å². The highest BCUT2D eigenvalue weighted by Gasteiger charge is 2.34. The molecule has 9 heteroatoms. The molecule has 0 bridgehead atoms. The molecule has 0 saturated carbocycles. The lowest BCUT2D eigenvalue weighted by Crippen LogP contribution is -2.47. The summed E-state index contributed by atoms with van der Waals surface area (Å²) in [6.45, 7) is 5.55. The molecule has 2 rings (SSSR count). The second kappa shape index (κ2) is 7.77. The normalized spacial score (nSPS) is 17.4. The van der Waals surface area contributed by atoms with Crippen LogP contribution >= 0.6 is 0 Å². The van der Waals surface area contributed by atoms with E-state index in [-0.39, 0.29) is 22.5 Å². The van der Waals surface area contributed by atoms with E-state index < -0.39 is 14.9 Å². The first-order valence-electron chi connectivity index (χ1n) is 8.16. The van der Waals surface area contributed by atoms with E-state index in [1.54, 1.807) is 21.0 Å². The smallest absolute Gasteiger partial charge is 0.273 e. The number of hydrogen-bond donors (Lipinski definition) is 2. The third kappa shape index (κ3) is 4.55. The Bertz CT molecular complexity index is 737. The molecule has 0 amide bonds. The Morgan fingerprint density at radius 1 is 1.28 bits per heavy atom. The Morgan fingerprint density at radius 3 is 2.48 bits per heavy atom. The summed E-state index contributed by atoms with van der Waals surface area (Å²) in [5.74, 6) is 0. The number of rotatable bonds is 7. The van der Waals surface area contributed by atoms with Crippen molar-refractivity contribution in [1.82, 2.24) is 10.0 Å². The van der Waals surface area contributed by atoms with Crippen molar-refractivity contribution in [3.8, 4) is 0 Å². The van der Waals surface area contributed by atoms with Crippen LogP contribution in [0.15, 0.2) is 17.0 Å². The van der Waals surface area contributed by atoms with Gasteiger partial charge in [0.25, 0.3) is 5.69 Å². The Morgan fingerprint density at radius 2 is 1.92 bits per heavy atom. The number of benzene rings is 1. The third-order valence-corrected chi connectivity index (χ3v) is 6.27. The molecule has 0 unspecified atom stereocenters. The van der Waals surface area contributed by atoms with E-state index in [1.807, 2.05) is 0 Å². The van der Waals surface area contributed by atoms with E-state index in [0.717, 1.165) is 32.0 Å². The van der Waals surface area contributed by atoms with Gasteiger partial charge in [-0.05, 0) is 51.4 Å². The average molecular weight is 371 g/mol. The third-order valence-electron chi connectivity index (χ3n) is 4.73. The van der Waals surface area contributed by atoms with Gasteiger partial charge in [0.15, 0.2) is 0 Å². The van der Waals surface area contributed by atoms with E-state index in [2.05, 4.69) is 10.0 Å². The largest absolute Gasteiger partial charge is 0.384 e. The molecule has 1 aromatic carbocycles. The highest BCUT2D eigenvalue weighted by Crippen LogP contribution is 2.30.